The number of nitrogens with zero attached hydrogens (tertiary/aromatic N) is 1. The highest BCUT2D eigenvalue weighted by molar-refractivity contribution is 7.99. The molecule has 0 saturated carbocycles. The van der Waals surface area contributed by atoms with E-state index in [0.29, 0.717) is 17.3 Å². The van der Waals surface area contributed by atoms with Crippen molar-refractivity contribution in [3.8, 4) is 0 Å². The average Bonchev–Trinajstić information content (AvgIpc) is 2.42. The van der Waals surface area contributed by atoms with Gasteiger partial charge in [0.1, 0.15) is 5.82 Å². The minimum Gasteiger partial charge on any atom is -0.207 e. The first kappa shape index (κ1) is 14.8. The SMILES string of the molecule is CC(Sc1c(F)c(F)nc(F)c1F)c1ccc(F)cc1. The van der Waals surface area contributed by atoms with Crippen LogP contribution in [0.25, 0.3) is 0 Å². The van der Waals surface area contributed by atoms with Gasteiger partial charge in [0, 0.05) is 5.25 Å². The predicted octanol–water partition coefficient (Wildman–Crippen LogP) is 4.63. The minimum absolute atomic E-state index is 0.454. The third kappa shape index (κ3) is 2.92. The molecule has 0 bridgehead atoms. The van der Waals surface area contributed by atoms with Crippen LogP contribution in [0.2, 0.25) is 0 Å². The monoisotopic (exact) mass is 305 g/mol. The van der Waals surface area contributed by atoms with Crippen molar-refractivity contribution in [1.29, 1.82) is 0 Å². The van der Waals surface area contributed by atoms with Crippen LogP contribution >= 0.6 is 11.8 Å². The van der Waals surface area contributed by atoms with Crippen molar-refractivity contribution in [2.45, 2.75) is 17.1 Å². The predicted molar refractivity (Wildman–Crippen MR) is 64.7 cm³/mol. The van der Waals surface area contributed by atoms with Gasteiger partial charge in [0.15, 0.2) is 11.6 Å². The van der Waals surface area contributed by atoms with Crippen LogP contribution in [0.3, 0.4) is 0 Å². The topological polar surface area (TPSA) is 12.9 Å². The van der Waals surface area contributed by atoms with E-state index in [4.69, 9.17) is 0 Å². The molecular weight excluding hydrogens is 297 g/mol. The molecule has 0 aliphatic rings. The van der Waals surface area contributed by atoms with Gasteiger partial charge in [0.2, 0.25) is 0 Å². The summed E-state index contributed by atoms with van der Waals surface area (Å²) in [6.45, 7) is 1.58. The lowest BCUT2D eigenvalue weighted by Crippen LogP contribution is -2.03. The van der Waals surface area contributed by atoms with Gasteiger partial charge in [-0.1, -0.05) is 12.1 Å². The van der Waals surface area contributed by atoms with E-state index in [1.807, 2.05) is 0 Å². The normalized spacial score (nSPS) is 12.5. The maximum absolute atomic E-state index is 13.5. The number of hydrogen-bond donors (Lipinski definition) is 0. The van der Waals surface area contributed by atoms with Crippen LogP contribution in [0, 0.1) is 29.3 Å². The molecule has 1 heterocycles. The molecule has 0 N–H and O–H groups in total. The molecule has 20 heavy (non-hydrogen) atoms. The Morgan fingerprint density at radius 3 is 1.90 bits per heavy atom. The summed E-state index contributed by atoms with van der Waals surface area (Å²) in [6.07, 6.45) is 0. The molecular formula is C13H8F5NS. The molecule has 0 amide bonds. The molecule has 1 aromatic heterocycles. The van der Waals surface area contributed by atoms with E-state index < -0.39 is 39.5 Å². The summed E-state index contributed by atoms with van der Waals surface area (Å²) in [5.41, 5.74) is 0.563. The van der Waals surface area contributed by atoms with Crippen molar-refractivity contribution < 1.29 is 22.0 Å². The van der Waals surface area contributed by atoms with Crippen LogP contribution in [0.4, 0.5) is 22.0 Å². The number of rotatable bonds is 3. The Morgan fingerprint density at radius 2 is 1.40 bits per heavy atom. The lowest BCUT2D eigenvalue weighted by molar-refractivity contribution is 0.383. The van der Waals surface area contributed by atoms with Gasteiger partial charge in [-0.25, -0.2) is 13.2 Å². The smallest absolute Gasteiger partial charge is 0.207 e. The van der Waals surface area contributed by atoms with E-state index >= 15 is 0 Å². The van der Waals surface area contributed by atoms with E-state index in [-0.39, 0.29) is 0 Å². The largest absolute Gasteiger partial charge is 0.252 e. The van der Waals surface area contributed by atoms with E-state index in [9.17, 15) is 22.0 Å². The van der Waals surface area contributed by atoms with E-state index in [0.717, 1.165) is 0 Å². The Balaban J connectivity index is 2.32. The van der Waals surface area contributed by atoms with Crippen molar-refractivity contribution in [3.05, 3.63) is 59.2 Å². The fourth-order valence-corrected chi connectivity index (χ4v) is 2.57. The Bertz CT molecular complexity index is 603. The first-order valence-corrected chi connectivity index (χ1v) is 6.40. The van der Waals surface area contributed by atoms with Gasteiger partial charge in [-0.15, -0.1) is 11.8 Å². The summed E-state index contributed by atoms with van der Waals surface area (Å²) in [5, 5.41) is -0.527. The molecule has 1 aromatic carbocycles. The first-order chi connectivity index (χ1) is 9.40. The molecule has 1 nitrogen and oxygen atoms in total. The highest BCUT2D eigenvalue weighted by Gasteiger charge is 2.23. The number of hydrogen-bond acceptors (Lipinski definition) is 2. The maximum atomic E-state index is 13.5. The second-order valence-electron chi connectivity index (χ2n) is 3.96. The van der Waals surface area contributed by atoms with Gasteiger partial charge in [0.05, 0.1) is 4.90 Å². The summed E-state index contributed by atoms with van der Waals surface area (Å²) in [5.74, 6) is -6.93. The molecule has 106 valence electrons. The average molecular weight is 305 g/mol. The van der Waals surface area contributed by atoms with Gasteiger partial charge in [-0.3, -0.25) is 0 Å². The molecule has 0 saturated heterocycles. The van der Waals surface area contributed by atoms with Crippen LogP contribution in [0.5, 0.6) is 0 Å². The third-order valence-electron chi connectivity index (χ3n) is 2.59. The zero-order valence-electron chi connectivity index (χ0n) is 10.1. The molecule has 0 aliphatic heterocycles. The molecule has 0 aliphatic carbocycles. The molecule has 0 fully saturated rings. The van der Waals surface area contributed by atoms with Crippen molar-refractivity contribution in [2.75, 3.05) is 0 Å². The molecule has 1 atom stereocenters. The highest BCUT2D eigenvalue weighted by Crippen LogP contribution is 2.38. The maximum Gasteiger partial charge on any atom is 0.252 e. The summed E-state index contributed by atoms with van der Waals surface area (Å²) in [4.78, 5) is 1.69. The summed E-state index contributed by atoms with van der Waals surface area (Å²) in [6, 6.07) is 5.23. The summed E-state index contributed by atoms with van der Waals surface area (Å²) >= 11 is 0.592. The minimum atomic E-state index is -1.70. The number of benzene rings is 1. The van der Waals surface area contributed by atoms with Crippen LogP contribution in [0.15, 0.2) is 29.2 Å². The Hall–Kier alpha value is -1.63. The third-order valence-corrected chi connectivity index (χ3v) is 3.81. The number of halogens is 5. The Morgan fingerprint density at radius 1 is 0.900 bits per heavy atom. The van der Waals surface area contributed by atoms with E-state index in [1.165, 1.54) is 24.3 Å². The van der Waals surface area contributed by atoms with Crippen LogP contribution in [-0.2, 0) is 0 Å². The van der Waals surface area contributed by atoms with Gasteiger partial charge >= 0.3 is 0 Å². The zero-order chi connectivity index (χ0) is 14.9. The lowest BCUT2D eigenvalue weighted by atomic mass is 10.2. The Labute approximate surface area is 115 Å². The fourth-order valence-electron chi connectivity index (χ4n) is 1.55. The quantitative estimate of drug-likeness (QED) is 0.466. The first-order valence-electron chi connectivity index (χ1n) is 5.52. The molecule has 0 radical (unpaired) electrons. The van der Waals surface area contributed by atoms with Crippen LogP contribution < -0.4 is 0 Å². The standard InChI is InChI=1S/C13H8F5NS/c1-6(7-2-4-8(14)5-3-7)20-11-9(15)12(17)19-13(18)10(11)16/h2-6H,1H3. The second kappa shape index (κ2) is 5.78. The van der Waals surface area contributed by atoms with Crippen molar-refractivity contribution in [3.63, 3.8) is 0 Å². The van der Waals surface area contributed by atoms with Crippen LogP contribution in [0.1, 0.15) is 17.7 Å². The molecule has 1 unspecified atom stereocenters. The number of pyridine rings is 1. The summed E-state index contributed by atoms with van der Waals surface area (Å²) in [7, 11) is 0. The van der Waals surface area contributed by atoms with Gasteiger partial charge in [-0.2, -0.15) is 13.8 Å². The van der Waals surface area contributed by atoms with Crippen LogP contribution in [-0.4, -0.2) is 4.98 Å². The van der Waals surface area contributed by atoms with Gasteiger partial charge in [0.25, 0.3) is 11.9 Å². The van der Waals surface area contributed by atoms with Gasteiger partial charge < -0.3 is 0 Å². The van der Waals surface area contributed by atoms with Crippen molar-refractivity contribution >= 4 is 11.8 Å². The molecule has 0 spiro atoms. The molecule has 7 heteroatoms. The second-order valence-corrected chi connectivity index (χ2v) is 5.31. The zero-order valence-corrected chi connectivity index (χ0v) is 10.9. The molecule has 2 aromatic rings. The number of thioether (sulfide) groups is 1. The number of aromatic nitrogens is 1. The molecule has 2 rings (SSSR count). The Kier molecular flexibility index (Phi) is 4.27. The van der Waals surface area contributed by atoms with Crippen molar-refractivity contribution in [1.82, 2.24) is 4.98 Å². The lowest BCUT2D eigenvalue weighted by Gasteiger charge is -2.13. The van der Waals surface area contributed by atoms with E-state index in [1.54, 1.807) is 6.92 Å². The fraction of sp³-hybridized carbons (Fsp3) is 0.154. The van der Waals surface area contributed by atoms with E-state index in [2.05, 4.69) is 4.98 Å². The van der Waals surface area contributed by atoms with Crippen molar-refractivity contribution in [2.24, 2.45) is 0 Å². The highest BCUT2D eigenvalue weighted by atomic mass is 32.2. The summed E-state index contributed by atoms with van der Waals surface area (Å²) < 4.78 is 65.6. The van der Waals surface area contributed by atoms with Gasteiger partial charge in [-0.05, 0) is 24.6 Å².